The summed E-state index contributed by atoms with van der Waals surface area (Å²) >= 11 is 8.28. The smallest absolute Gasteiger partial charge is 0.410 e. The third-order valence-electron chi connectivity index (χ3n) is 2.69. The van der Waals surface area contributed by atoms with Gasteiger partial charge in [-0.2, -0.15) is 0 Å². The molecular formula is C14H17ClINO3. The standard InChI is InChI=1S/C14H17ClINO3/c1-14(2,3)20-13(18)17-7-10(8-17)19-12-6-9(16)4-5-11(12)15/h4-6,10H,7-8H2,1-3H3. The van der Waals surface area contributed by atoms with E-state index in [-0.39, 0.29) is 12.2 Å². The second-order valence-corrected chi connectivity index (χ2v) is 7.35. The van der Waals surface area contributed by atoms with Crippen LogP contribution < -0.4 is 4.74 Å². The first-order valence-electron chi connectivity index (χ1n) is 6.34. The maximum atomic E-state index is 11.8. The van der Waals surface area contributed by atoms with Crippen molar-refractivity contribution < 1.29 is 14.3 Å². The van der Waals surface area contributed by atoms with E-state index in [0.717, 1.165) is 3.57 Å². The first-order chi connectivity index (χ1) is 9.24. The van der Waals surface area contributed by atoms with Gasteiger partial charge in [-0.05, 0) is 61.6 Å². The number of hydrogen-bond donors (Lipinski definition) is 0. The quantitative estimate of drug-likeness (QED) is 0.695. The van der Waals surface area contributed by atoms with Gasteiger partial charge in [0, 0.05) is 3.57 Å². The van der Waals surface area contributed by atoms with Crippen molar-refractivity contribution in [2.24, 2.45) is 0 Å². The van der Waals surface area contributed by atoms with Gasteiger partial charge in [-0.1, -0.05) is 11.6 Å². The molecule has 110 valence electrons. The van der Waals surface area contributed by atoms with Gasteiger partial charge in [0.15, 0.2) is 0 Å². The molecule has 0 saturated carbocycles. The molecule has 1 amide bonds. The molecule has 1 saturated heterocycles. The van der Waals surface area contributed by atoms with Gasteiger partial charge in [0.2, 0.25) is 0 Å². The third kappa shape index (κ3) is 4.15. The summed E-state index contributed by atoms with van der Waals surface area (Å²) in [5.74, 6) is 0.660. The molecule has 1 heterocycles. The summed E-state index contributed by atoms with van der Waals surface area (Å²) in [7, 11) is 0. The number of amides is 1. The molecule has 6 heteroatoms. The van der Waals surface area contributed by atoms with Crippen molar-refractivity contribution in [1.82, 2.24) is 4.90 Å². The molecular weight excluding hydrogens is 393 g/mol. The molecule has 1 fully saturated rings. The van der Waals surface area contributed by atoms with Crippen LogP contribution in [0.1, 0.15) is 20.8 Å². The molecule has 4 nitrogen and oxygen atoms in total. The van der Waals surface area contributed by atoms with Gasteiger partial charge in [-0.25, -0.2) is 4.79 Å². The van der Waals surface area contributed by atoms with Crippen LogP contribution in [0.2, 0.25) is 5.02 Å². The van der Waals surface area contributed by atoms with Crippen molar-refractivity contribution in [3.63, 3.8) is 0 Å². The summed E-state index contributed by atoms with van der Waals surface area (Å²) in [5, 5.41) is 0.584. The highest BCUT2D eigenvalue weighted by Gasteiger charge is 2.35. The number of carbonyl (C=O) groups is 1. The van der Waals surface area contributed by atoms with Crippen LogP contribution in [0.5, 0.6) is 5.75 Å². The molecule has 0 aliphatic carbocycles. The highest BCUT2D eigenvalue weighted by Crippen LogP contribution is 2.29. The Morgan fingerprint density at radius 1 is 1.40 bits per heavy atom. The van der Waals surface area contributed by atoms with Gasteiger partial charge in [-0.3, -0.25) is 0 Å². The SMILES string of the molecule is CC(C)(C)OC(=O)N1CC(Oc2cc(I)ccc2Cl)C1. The summed E-state index contributed by atoms with van der Waals surface area (Å²) in [4.78, 5) is 13.4. The van der Waals surface area contributed by atoms with Crippen LogP contribution in [0.15, 0.2) is 18.2 Å². The monoisotopic (exact) mass is 409 g/mol. The predicted molar refractivity (Wildman–Crippen MR) is 86.4 cm³/mol. The third-order valence-corrected chi connectivity index (χ3v) is 3.67. The summed E-state index contributed by atoms with van der Waals surface area (Å²) in [6.07, 6.45) is -0.329. The number of carbonyl (C=O) groups excluding carboxylic acids is 1. The number of nitrogens with zero attached hydrogens (tertiary/aromatic N) is 1. The Morgan fingerprint density at radius 2 is 2.05 bits per heavy atom. The van der Waals surface area contributed by atoms with E-state index in [1.165, 1.54) is 0 Å². The van der Waals surface area contributed by atoms with E-state index in [2.05, 4.69) is 22.6 Å². The Balaban J connectivity index is 1.85. The summed E-state index contributed by atoms with van der Waals surface area (Å²) in [6, 6.07) is 5.62. The second-order valence-electron chi connectivity index (χ2n) is 5.70. The number of likely N-dealkylation sites (tertiary alicyclic amines) is 1. The zero-order valence-corrected chi connectivity index (χ0v) is 14.6. The number of ether oxygens (including phenoxy) is 2. The normalized spacial score (nSPS) is 15.8. The van der Waals surface area contributed by atoms with Crippen LogP contribution in [0.25, 0.3) is 0 Å². The molecule has 1 aliphatic heterocycles. The maximum Gasteiger partial charge on any atom is 0.410 e. The van der Waals surface area contributed by atoms with E-state index in [1.54, 1.807) is 4.90 Å². The molecule has 0 atom stereocenters. The van der Waals surface area contributed by atoms with Gasteiger partial charge in [0.05, 0.1) is 18.1 Å². The lowest BCUT2D eigenvalue weighted by atomic mass is 10.1. The highest BCUT2D eigenvalue weighted by atomic mass is 127. The van der Waals surface area contributed by atoms with E-state index in [4.69, 9.17) is 21.1 Å². The van der Waals surface area contributed by atoms with Gasteiger partial charge in [-0.15, -0.1) is 0 Å². The van der Waals surface area contributed by atoms with Crippen molar-refractivity contribution in [2.75, 3.05) is 13.1 Å². The molecule has 0 bridgehead atoms. The number of rotatable bonds is 2. The molecule has 0 radical (unpaired) electrons. The van der Waals surface area contributed by atoms with Crippen LogP contribution >= 0.6 is 34.2 Å². The van der Waals surface area contributed by atoms with E-state index < -0.39 is 5.60 Å². The minimum Gasteiger partial charge on any atom is -0.485 e. The predicted octanol–water partition coefficient (Wildman–Crippen LogP) is 3.94. The summed E-state index contributed by atoms with van der Waals surface area (Å²) in [5.41, 5.74) is -0.470. The Labute approximate surface area is 137 Å². The van der Waals surface area contributed by atoms with Crippen molar-refractivity contribution in [3.05, 3.63) is 26.8 Å². The molecule has 1 aliphatic rings. The Kier molecular flexibility index (Phi) is 4.69. The highest BCUT2D eigenvalue weighted by molar-refractivity contribution is 14.1. The van der Waals surface area contributed by atoms with Crippen molar-refractivity contribution in [1.29, 1.82) is 0 Å². The van der Waals surface area contributed by atoms with E-state index in [9.17, 15) is 4.79 Å². The lowest BCUT2D eigenvalue weighted by molar-refractivity contribution is -0.0221. The Hall–Kier alpha value is -0.690. The van der Waals surface area contributed by atoms with E-state index in [1.807, 2.05) is 39.0 Å². The van der Waals surface area contributed by atoms with E-state index in [0.29, 0.717) is 23.9 Å². The topological polar surface area (TPSA) is 38.8 Å². The average molecular weight is 410 g/mol. The number of halogens is 2. The van der Waals surface area contributed by atoms with Crippen LogP contribution in [-0.4, -0.2) is 35.8 Å². The van der Waals surface area contributed by atoms with Crippen LogP contribution in [0.4, 0.5) is 4.79 Å². The molecule has 20 heavy (non-hydrogen) atoms. The number of hydrogen-bond acceptors (Lipinski definition) is 3. The van der Waals surface area contributed by atoms with Gasteiger partial charge >= 0.3 is 6.09 Å². The largest absolute Gasteiger partial charge is 0.485 e. The summed E-state index contributed by atoms with van der Waals surface area (Å²) in [6.45, 7) is 6.60. The first-order valence-corrected chi connectivity index (χ1v) is 7.80. The number of benzene rings is 1. The Morgan fingerprint density at radius 3 is 2.65 bits per heavy atom. The molecule has 0 spiro atoms. The van der Waals surface area contributed by atoms with Gasteiger partial charge in [0.25, 0.3) is 0 Å². The molecule has 1 aromatic rings. The molecule has 1 aromatic carbocycles. The van der Waals surface area contributed by atoms with Crippen molar-refractivity contribution in [2.45, 2.75) is 32.5 Å². The van der Waals surface area contributed by atoms with Crippen molar-refractivity contribution >= 4 is 40.3 Å². The maximum absolute atomic E-state index is 11.8. The fourth-order valence-electron chi connectivity index (χ4n) is 1.74. The zero-order chi connectivity index (χ0) is 14.9. The van der Waals surface area contributed by atoms with Crippen LogP contribution in [0, 0.1) is 3.57 Å². The molecule has 0 N–H and O–H groups in total. The van der Waals surface area contributed by atoms with Crippen LogP contribution in [-0.2, 0) is 4.74 Å². The van der Waals surface area contributed by atoms with Crippen molar-refractivity contribution in [3.8, 4) is 5.75 Å². The summed E-state index contributed by atoms with van der Waals surface area (Å²) < 4.78 is 12.1. The van der Waals surface area contributed by atoms with Gasteiger partial charge in [0.1, 0.15) is 17.5 Å². The first kappa shape index (κ1) is 15.7. The minimum absolute atomic E-state index is 0.0294. The van der Waals surface area contributed by atoms with E-state index >= 15 is 0 Å². The lowest BCUT2D eigenvalue weighted by Crippen LogP contribution is -2.57. The van der Waals surface area contributed by atoms with Crippen LogP contribution in [0.3, 0.4) is 0 Å². The fraction of sp³-hybridized carbons (Fsp3) is 0.500. The van der Waals surface area contributed by atoms with Gasteiger partial charge < -0.3 is 14.4 Å². The molecule has 0 unspecified atom stereocenters. The molecule has 0 aromatic heterocycles. The molecule has 2 rings (SSSR count). The second kappa shape index (κ2) is 5.97. The lowest BCUT2D eigenvalue weighted by Gasteiger charge is -2.39. The average Bonchev–Trinajstić information content (AvgIpc) is 2.24. The minimum atomic E-state index is -0.470. The fourth-order valence-corrected chi connectivity index (χ4v) is 2.36. The Bertz CT molecular complexity index is 510. The zero-order valence-electron chi connectivity index (χ0n) is 11.7.